The predicted octanol–water partition coefficient (Wildman–Crippen LogP) is 4.28. The minimum absolute atomic E-state index is 0.345. The Balaban J connectivity index is 1.53. The molecule has 0 saturated heterocycles. The Hall–Kier alpha value is -2.30. The first-order chi connectivity index (χ1) is 11.7. The maximum absolute atomic E-state index is 10.1. The van der Waals surface area contributed by atoms with Crippen LogP contribution in [0, 0.1) is 0 Å². The zero-order valence-electron chi connectivity index (χ0n) is 12.9. The van der Waals surface area contributed by atoms with Crippen LogP contribution in [0.15, 0.2) is 48.5 Å². The van der Waals surface area contributed by atoms with Crippen molar-refractivity contribution in [3.05, 3.63) is 64.8 Å². The third-order valence-electron chi connectivity index (χ3n) is 4.09. The second kappa shape index (κ2) is 6.30. The van der Waals surface area contributed by atoms with Crippen LogP contribution in [0.5, 0.6) is 11.5 Å². The predicted molar refractivity (Wildman–Crippen MR) is 92.6 cm³/mol. The average Bonchev–Trinajstić information content (AvgIpc) is 2.60. The largest absolute Gasteiger partial charge is 0.493 e. The van der Waals surface area contributed by atoms with Gasteiger partial charge >= 0.3 is 0 Å². The third kappa shape index (κ3) is 3.03. The zero-order valence-corrected chi connectivity index (χ0v) is 13.7. The molecule has 1 atom stereocenters. The second-order valence-electron chi connectivity index (χ2n) is 5.78. The summed E-state index contributed by atoms with van der Waals surface area (Å²) >= 11 is 6.02. The summed E-state index contributed by atoms with van der Waals surface area (Å²) in [5, 5.41) is 11.8. The summed E-state index contributed by atoms with van der Waals surface area (Å²) < 4.78 is 11.4. The van der Waals surface area contributed by atoms with Crippen molar-refractivity contribution in [2.45, 2.75) is 19.1 Å². The van der Waals surface area contributed by atoms with E-state index in [2.05, 4.69) is 4.98 Å². The van der Waals surface area contributed by atoms with E-state index in [9.17, 15) is 5.11 Å². The number of pyridine rings is 1. The molecule has 1 aliphatic heterocycles. The van der Waals surface area contributed by atoms with Gasteiger partial charge in [0.1, 0.15) is 18.1 Å². The van der Waals surface area contributed by atoms with E-state index in [1.54, 1.807) is 0 Å². The molecule has 122 valence electrons. The van der Waals surface area contributed by atoms with Crippen molar-refractivity contribution in [2.75, 3.05) is 6.61 Å². The van der Waals surface area contributed by atoms with Crippen LogP contribution in [0.2, 0.25) is 5.02 Å². The molecule has 1 N–H and O–H groups in total. The van der Waals surface area contributed by atoms with Crippen molar-refractivity contribution in [1.82, 2.24) is 4.98 Å². The van der Waals surface area contributed by atoms with Gasteiger partial charge in [0, 0.05) is 22.4 Å². The van der Waals surface area contributed by atoms with Gasteiger partial charge in [0.25, 0.3) is 0 Å². The number of aromatic nitrogens is 1. The van der Waals surface area contributed by atoms with E-state index in [1.807, 2.05) is 48.5 Å². The summed E-state index contributed by atoms with van der Waals surface area (Å²) in [6, 6.07) is 15.1. The van der Waals surface area contributed by atoms with Gasteiger partial charge in [-0.1, -0.05) is 23.7 Å². The molecule has 0 aliphatic carbocycles. The Morgan fingerprint density at radius 2 is 2.04 bits per heavy atom. The molecule has 0 bridgehead atoms. The van der Waals surface area contributed by atoms with Gasteiger partial charge in [-0.25, -0.2) is 4.98 Å². The second-order valence-corrected chi connectivity index (χ2v) is 6.22. The number of fused-ring (bicyclic) bond motifs is 2. The van der Waals surface area contributed by atoms with Crippen LogP contribution < -0.4 is 9.47 Å². The summed E-state index contributed by atoms with van der Waals surface area (Å²) in [6.07, 6.45) is 0.0990. The number of ether oxygens (including phenoxy) is 2. The maximum atomic E-state index is 10.1. The van der Waals surface area contributed by atoms with Gasteiger partial charge < -0.3 is 14.6 Å². The molecule has 4 nitrogen and oxygen atoms in total. The maximum Gasteiger partial charge on any atom is 0.130 e. The number of benzene rings is 2. The van der Waals surface area contributed by atoms with E-state index in [0.717, 1.165) is 27.9 Å². The monoisotopic (exact) mass is 341 g/mol. The minimum atomic E-state index is -0.502. The lowest BCUT2D eigenvalue weighted by molar-refractivity contribution is 0.115. The fraction of sp³-hybridized carbons (Fsp3) is 0.211. The fourth-order valence-electron chi connectivity index (χ4n) is 2.81. The third-order valence-corrected chi connectivity index (χ3v) is 4.32. The van der Waals surface area contributed by atoms with E-state index < -0.39 is 6.10 Å². The van der Waals surface area contributed by atoms with Crippen LogP contribution in [0.3, 0.4) is 0 Å². The van der Waals surface area contributed by atoms with E-state index in [-0.39, 0.29) is 0 Å². The summed E-state index contributed by atoms with van der Waals surface area (Å²) in [7, 11) is 0. The molecule has 0 saturated carbocycles. The molecular weight excluding hydrogens is 326 g/mol. The molecule has 1 unspecified atom stereocenters. The highest BCUT2D eigenvalue weighted by Gasteiger charge is 2.19. The molecule has 4 rings (SSSR count). The molecule has 0 amide bonds. The molecule has 2 aromatic carbocycles. The number of halogens is 1. The Labute approximate surface area is 144 Å². The van der Waals surface area contributed by atoms with E-state index in [0.29, 0.717) is 30.4 Å². The number of aliphatic hydroxyl groups is 1. The van der Waals surface area contributed by atoms with Gasteiger partial charge in [0.15, 0.2) is 0 Å². The molecule has 0 radical (unpaired) electrons. The fourth-order valence-corrected chi connectivity index (χ4v) is 2.98. The minimum Gasteiger partial charge on any atom is -0.493 e. The molecule has 0 spiro atoms. The number of rotatable bonds is 3. The number of aliphatic hydroxyl groups excluding tert-OH is 1. The van der Waals surface area contributed by atoms with Crippen LogP contribution in [-0.2, 0) is 6.61 Å². The lowest BCUT2D eigenvalue weighted by atomic mass is 10.0. The van der Waals surface area contributed by atoms with Crippen LogP contribution in [-0.4, -0.2) is 16.7 Å². The number of nitrogens with zero attached hydrogens (tertiary/aromatic N) is 1. The molecular formula is C19H16ClNO3. The highest BCUT2D eigenvalue weighted by atomic mass is 35.5. The quantitative estimate of drug-likeness (QED) is 0.772. The lowest BCUT2D eigenvalue weighted by Crippen LogP contribution is -2.13. The topological polar surface area (TPSA) is 51.6 Å². The van der Waals surface area contributed by atoms with Crippen LogP contribution in [0.25, 0.3) is 10.9 Å². The van der Waals surface area contributed by atoms with Crippen LogP contribution >= 0.6 is 11.6 Å². The van der Waals surface area contributed by atoms with Crippen molar-refractivity contribution < 1.29 is 14.6 Å². The van der Waals surface area contributed by atoms with Crippen LogP contribution in [0.4, 0.5) is 0 Å². The van der Waals surface area contributed by atoms with Gasteiger partial charge in [0.2, 0.25) is 0 Å². The highest BCUT2D eigenvalue weighted by Crippen LogP contribution is 2.34. The van der Waals surface area contributed by atoms with Crippen molar-refractivity contribution in [3.63, 3.8) is 0 Å². The van der Waals surface area contributed by atoms with E-state index >= 15 is 0 Å². The van der Waals surface area contributed by atoms with E-state index in [4.69, 9.17) is 21.1 Å². The first kappa shape index (κ1) is 15.2. The van der Waals surface area contributed by atoms with E-state index in [1.165, 1.54) is 0 Å². The van der Waals surface area contributed by atoms with Gasteiger partial charge in [-0.3, -0.25) is 0 Å². The van der Waals surface area contributed by atoms with Crippen molar-refractivity contribution >= 4 is 22.5 Å². The summed E-state index contributed by atoms with van der Waals surface area (Å²) in [6.45, 7) is 0.885. The van der Waals surface area contributed by atoms with Crippen molar-refractivity contribution in [3.8, 4) is 11.5 Å². The Kier molecular flexibility index (Phi) is 4.00. The highest BCUT2D eigenvalue weighted by molar-refractivity contribution is 6.31. The average molecular weight is 342 g/mol. The summed E-state index contributed by atoms with van der Waals surface area (Å²) in [5.74, 6) is 1.41. The van der Waals surface area contributed by atoms with Gasteiger partial charge in [-0.15, -0.1) is 0 Å². The smallest absolute Gasteiger partial charge is 0.130 e. The number of hydrogen-bond donors (Lipinski definition) is 1. The van der Waals surface area contributed by atoms with Crippen LogP contribution in [0.1, 0.15) is 23.8 Å². The molecule has 24 heavy (non-hydrogen) atoms. The Morgan fingerprint density at radius 1 is 1.17 bits per heavy atom. The van der Waals surface area contributed by atoms with Crippen molar-refractivity contribution in [2.24, 2.45) is 0 Å². The Morgan fingerprint density at radius 3 is 2.96 bits per heavy atom. The molecule has 1 aliphatic rings. The first-order valence-corrected chi connectivity index (χ1v) is 8.20. The van der Waals surface area contributed by atoms with Crippen molar-refractivity contribution in [1.29, 1.82) is 0 Å². The molecule has 3 aromatic rings. The van der Waals surface area contributed by atoms with Gasteiger partial charge in [-0.05, 0) is 36.4 Å². The summed E-state index contributed by atoms with van der Waals surface area (Å²) in [4.78, 5) is 4.57. The molecule has 5 heteroatoms. The first-order valence-electron chi connectivity index (χ1n) is 7.82. The normalized spacial score (nSPS) is 16.5. The molecule has 1 aromatic heterocycles. The van der Waals surface area contributed by atoms with Gasteiger partial charge in [0.05, 0.1) is 23.9 Å². The Bertz CT molecular complexity index is 897. The molecule has 0 fully saturated rings. The zero-order chi connectivity index (χ0) is 16.5. The SMILES string of the molecule is OC1CCOc2ccc(OCc3ccc4ccc(Cl)cc4n3)cc21. The lowest BCUT2D eigenvalue weighted by Gasteiger charge is -2.22. The summed E-state index contributed by atoms with van der Waals surface area (Å²) in [5.41, 5.74) is 2.44. The molecule has 2 heterocycles. The van der Waals surface area contributed by atoms with Gasteiger partial charge in [-0.2, -0.15) is 0 Å². The standard InChI is InChI=1S/C19H16ClNO3/c20-13-3-1-12-2-4-14(21-17(12)9-13)11-24-15-5-6-19-16(10-15)18(22)7-8-23-19/h1-6,9-10,18,22H,7-8,11H2. The number of hydrogen-bond acceptors (Lipinski definition) is 4.